The zero-order chi connectivity index (χ0) is 17.5. The van der Waals surface area contributed by atoms with Gasteiger partial charge in [0.1, 0.15) is 6.10 Å². The zero-order valence-electron chi connectivity index (χ0n) is 13.2. The van der Waals surface area contributed by atoms with Crippen LogP contribution in [0, 0.1) is 6.92 Å². The van der Waals surface area contributed by atoms with Crippen LogP contribution in [0.4, 0.5) is 0 Å². The molecule has 0 amide bonds. The number of rotatable bonds is 9. The van der Waals surface area contributed by atoms with Gasteiger partial charge in [-0.1, -0.05) is 0 Å². The van der Waals surface area contributed by atoms with Crippen LogP contribution in [0.1, 0.15) is 11.9 Å². The fourth-order valence-corrected chi connectivity index (χ4v) is 2.18. The van der Waals surface area contributed by atoms with Gasteiger partial charge in [-0.15, -0.1) is 0 Å². The highest BCUT2D eigenvalue weighted by Gasteiger charge is 2.19. The van der Waals surface area contributed by atoms with Crippen LogP contribution in [0.2, 0.25) is 0 Å². The first-order valence-corrected chi connectivity index (χ1v) is 8.38. The normalized spacial score (nSPS) is 15.0. The zero-order valence-corrected chi connectivity index (χ0v) is 14.1. The Morgan fingerprint density at radius 1 is 1.35 bits per heavy atom. The molecule has 0 bridgehead atoms. The second-order valence-electron chi connectivity index (χ2n) is 4.73. The van der Waals surface area contributed by atoms with Gasteiger partial charge >= 0.3 is 13.3 Å². The number of aromatic nitrogens is 2. The van der Waals surface area contributed by atoms with Crippen molar-refractivity contribution in [3.05, 3.63) is 40.3 Å². The Morgan fingerprint density at radius 2 is 2.00 bits per heavy atom. The Hall–Kier alpha value is -1.35. The average molecular weight is 348 g/mol. The molecule has 0 radical (unpaired) electrons. The predicted octanol–water partition coefficient (Wildman–Crippen LogP) is 0.420. The topological polar surface area (TPSA) is 120 Å². The van der Waals surface area contributed by atoms with E-state index in [-0.39, 0.29) is 13.2 Å². The molecule has 1 heterocycles. The number of hydrogen-bond acceptors (Lipinski definition) is 6. The molecule has 10 heteroatoms. The van der Waals surface area contributed by atoms with Gasteiger partial charge in [0.05, 0.1) is 13.2 Å². The molecule has 0 aliphatic rings. The highest BCUT2D eigenvalue weighted by molar-refractivity contribution is 7.55. The molecule has 0 fully saturated rings. The van der Waals surface area contributed by atoms with E-state index in [0.717, 1.165) is 5.82 Å². The van der Waals surface area contributed by atoms with E-state index in [0.29, 0.717) is 5.69 Å². The molecule has 0 saturated heterocycles. The van der Waals surface area contributed by atoms with Crippen LogP contribution >= 0.6 is 7.60 Å². The number of methoxy groups -OCH3 is 2. The molecule has 0 aliphatic carbocycles. The summed E-state index contributed by atoms with van der Waals surface area (Å²) in [4.78, 5) is 33.6. The van der Waals surface area contributed by atoms with Crippen LogP contribution in [0.5, 0.6) is 0 Å². The van der Waals surface area contributed by atoms with Gasteiger partial charge in [-0.2, -0.15) is 4.98 Å². The van der Waals surface area contributed by atoms with Gasteiger partial charge in [0.2, 0.25) is 0 Å². The second-order valence-corrected chi connectivity index (χ2v) is 6.21. The molecular formula is C13H21N2O7P. The standard InChI is InChI=1S/C13H21N2O7P/c1-10-4-6-15(13(16)14-10)12(9-21-3)22-11(8-20-2)5-7-23(17,18)19/h4-7,11-12H,8-9H2,1-3H3,(H2,17,18,19)/b7-5+/t11-,12-/m1/s1. The van der Waals surface area contributed by atoms with Gasteiger partial charge in [-0.3, -0.25) is 9.13 Å². The molecule has 0 aliphatic heterocycles. The molecule has 130 valence electrons. The van der Waals surface area contributed by atoms with Gasteiger partial charge in [-0.25, -0.2) is 4.79 Å². The number of aryl methyl sites for hydroxylation is 1. The van der Waals surface area contributed by atoms with Crippen LogP contribution < -0.4 is 5.69 Å². The minimum absolute atomic E-state index is 0.0464. The third-order valence-electron chi connectivity index (χ3n) is 2.75. The van der Waals surface area contributed by atoms with Gasteiger partial charge in [0.15, 0.2) is 6.23 Å². The SMILES string of the molecule is COC[C@@H](/C=C/P(=O)(O)O)O[C@H](COC)n1ccc(C)nc1=O. The molecule has 9 nitrogen and oxygen atoms in total. The second kappa shape index (κ2) is 9.07. The quantitative estimate of drug-likeness (QED) is 0.616. The van der Waals surface area contributed by atoms with Crippen LogP contribution in [0.3, 0.4) is 0 Å². The van der Waals surface area contributed by atoms with E-state index < -0.39 is 25.6 Å². The lowest BCUT2D eigenvalue weighted by atomic mass is 10.3. The Morgan fingerprint density at radius 3 is 2.52 bits per heavy atom. The van der Waals surface area contributed by atoms with E-state index in [1.54, 1.807) is 13.0 Å². The fourth-order valence-electron chi connectivity index (χ4n) is 1.76. The minimum atomic E-state index is -4.32. The minimum Gasteiger partial charge on any atom is -0.382 e. The Labute approximate surface area is 133 Å². The monoisotopic (exact) mass is 348 g/mol. The Balaban J connectivity index is 3.01. The lowest BCUT2D eigenvalue weighted by Crippen LogP contribution is -2.34. The number of ether oxygens (including phenoxy) is 3. The molecule has 0 unspecified atom stereocenters. The van der Waals surface area contributed by atoms with E-state index in [4.69, 9.17) is 24.0 Å². The third-order valence-corrected chi connectivity index (χ3v) is 3.31. The van der Waals surface area contributed by atoms with Gasteiger partial charge in [0, 0.05) is 31.9 Å². The van der Waals surface area contributed by atoms with Crippen molar-refractivity contribution in [1.82, 2.24) is 9.55 Å². The Bertz CT molecular complexity index is 625. The third kappa shape index (κ3) is 7.17. The van der Waals surface area contributed by atoms with Crippen molar-refractivity contribution in [2.45, 2.75) is 19.3 Å². The molecule has 2 atom stereocenters. The van der Waals surface area contributed by atoms with E-state index >= 15 is 0 Å². The highest BCUT2D eigenvalue weighted by Crippen LogP contribution is 2.36. The first-order valence-electron chi connectivity index (χ1n) is 6.70. The van der Waals surface area contributed by atoms with Crippen molar-refractivity contribution < 1.29 is 28.6 Å². The molecule has 0 spiro atoms. The number of nitrogens with zero attached hydrogens (tertiary/aromatic N) is 2. The van der Waals surface area contributed by atoms with E-state index in [1.165, 1.54) is 31.1 Å². The molecule has 1 rings (SSSR count). The maximum absolute atomic E-state index is 12.0. The lowest BCUT2D eigenvalue weighted by Gasteiger charge is -2.23. The molecule has 2 N–H and O–H groups in total. The maximum atomic E-state index is 12.0. The summed E-state index contributed by atoms with van der Waals surface area (Å²) >= 11 is 0. The first-order chi connectivity index (χ1) is 10.8. The summed E-state index contributed by atoms with van der Waals surface area (Å²) in [6.07, 6.45) is 1.12. The maximum Gasteiger partial charge on any atom is 0.349 e. The van der Waals surface area contributed by atoms with Crippen molar-refractivity contribution in [2.75, 3.05) is 27.4 Å². The fraction of sp³-hybridized carbons (Fsp3) is 0.538. The van der Waals surface area contributed by atoms with Gasteiger partial charge in [-0.05, 0) is 19.1 Å². The summed E-state index contributed by atoms with van der Waals surface area (Å²) in [6.45, 7) is 1.79. The van der Waals surface area contributed by atoms with Crippen molar-refractivity contribution in [3.8, 4) is 0 Å². The smallest absolute Gasteiger partial charge is 0.349 e. The molecule has 1 aromatic rings. The lowest BCUT2D eigenvalue weighted by molar-refractivity contribution is -0.0917. The van der Waals surface area contributed by atoms with E-state index in [1.807, 2.05) is 0 Å². The van der Waals surface area contributed by atoms with Crippen LogP contribution in [0.25, 0.3) is 0 Å². The predicted molar refractivity (Wildman–Crippen MR) is 82.1 cm³/mol. The number of hydrogen-bond donors (Lipinski definition) is 2. The molecule has 1 aromatic heterocycles. The summed E-state index contributed by atoms with van der Waals surface area (Å²) in [7, 11) is -1.45. The summed E-state index contributed by atoms with van der Waals surface area (Å²) in [5, 5.41) is 0. The molecular weight excluding hydrogens is 327 g/mol. The molecule has 0 aromatic carbocycles. The largest absolute Gasteiger partial charge is 0.382 e. The molecule has 23 heavy (non-hydrogen) atoms. The van der Waals surface area contributed by atoms with Crippen LogP contribution in [-0.2, 0) is 18.8 Å². The Kier molecular flexibility index (Phi) is 7.77. The van der Waals surface area contributed by atoms with Gasteiger partial charge in [0.25, 0.3) is 0 Å². The average Bonchev–Trinajstić information content (AvgIpc) is 2.44. The molecule has 0 saturated carbocycles. The summed E-state index contributed by atoms with van der Waals surface area (Å²) in [5.74, 6) is 0.733. The van der Waals surface area contributed by atoms with E-state index in [9.17, 15) is 9.36 Å². The van der Waals surface area contributed by atoms with Crippen molar-refractivity contribution in [3.63, 3.8) is 0 Å². The first kappa shape index (κ1) is 19.7. The van der Waals surface area contributed by atoms with Gasteiger partial charge < -0.3 is 24.0 Å². The summed E-state index contributed by atoms with van der Waals surface area (Å²) < 4.78 is 27.8. The van der Waals surface area contributed by atoms with E-state index in [2.05, 4.69) is 4.98 Å². The van der Waals surface area contributed by atoms with Crippen LogP contribution in [0.15, 0.2) is 29.0 Å². The summed E-state index contributed by atoms with van der Waals surface area (Å²) in [5.41, 5.74) is 0.0550. The van der Waals surface area contributed by atoms with Crippen LogP contribution in [-0.4, -0.2) is 52.9 Å². The summed E-state index contributed by atoms with van der Waals surface area (Å²) in [6, 6.07) is 1.64. The highest BCUT2D eigenvalue weighted by atomic mass is 31.2. The van der Waals surface area contributed by atoms with Crippen molar-refractivity contribution in [1.29, 1.82) is 0 Å². The van der Waals surface area contributed by atoms with Crippen molar-refractivity contribution >= 4 is 7.60 Å². The van der Waals surface area contributed by atoms with Crippen molar-refractivity contribution in [2.24, 2.45) is 0 Å².